The fourth-order valence-electron chi connectivity index (χ4n) is 1.04. The monoisotopic (exact) mass is 236 g/mol. The number of halogens is 2. The van der Waals surface area contributed by atoms with Gasteiger partial charge in [0.25, 0.3) is 6.43 Å². The number of carbonyl (C=O) groups is 1. The first-order chi connectivity index (χ1) is 6.94. The second kappa shape index (κ2) is 4.65. The molecule has 0 heterocycles. The quantitative estimate of drug-likeness (QED) is 0.732. The molecule has 0 saturated carbocycles. The van der Waals surface area contributed by atoms with Gasteiger partial charge in [0, 0.05) is 0 Å². The summed E-state index contributed by atoms with van der Waals surface area (Å²) in [6.45, 7) is -0.692. The average Bonchev–Trinajstić information content (AvgIpc) is 2.16. The number of carboxylic acid groups (broad SMARTS) is 1. The molecule has 0 saturated heterocycles. The zero-order valence-electron chi connectivity index (χ0n) is 7.69. The van der Waals surface area contributed by atoms with E-state index in [-0.39, 0.29) is 12.2 Å². The summed E-state index contributed by atoms with van der Waals surface area (Å²) in [5.74, 6) is -0.826. The van der Waals surface area contributed by atoms with Crippen molar-refractivity contribution in [3.8, 4) is 0 Å². The molecule has 0 radical (unpaired) electrons. The summed E-state index contributed by atoms with van der Waals surface area (Å²) in [5, 5.41) is 8.78. The van der Waals surface area contributed by atoms with Crippen LogP contribution in [0.15, 0.2) is 24.0 Å². The highest BCUT2D eigenvalue weighted by Crippen LogP contribution is 2.28. The van der Waals surface area contributed by atoms with Crippen LogP contribution < -0.4 is 0 Å². The summed E-state index contributed by atoms with van der Waals surface area (Å²) in [6, 6.07) is 0. The van der Waals surface area contributed by atoms with Gasteiger partial charge in [-0.2, -0.15) is 12.6 Å². The van der Waals surface area contributed by atoms with Crippen LogP contribution >= 0.6 is 12.6 Å². The van der Waals surface area contributed by atoms with E-state index in [1.54, 1.807) is 0 Å². The Hall–Kier alpha value is -1.04. The summed E-state index contributed by atoms with van der Waals surface area (Å²) in [5.41, 5.74) is 0. The second-order valence-corrected chi connectivity index (χ2v) is 3.87. The minimum atomic E-state index is -2.54. The summed E-state index contributed by atoms with van der Waals surface area (Å²) in [4.78, 5) is 10.7. The lowest BCUT2D eigenvalue weighted by atomic mass is 9.99. The predicted molar refractivity (Wildman–Crippen MR) is 53.1 cm³/mol. The molecule has 0 aromatic carbocycles. The normalized spacial score (nSPS) is 25.2. The van der Waals surface area contributed by atoms with Crippen molar-refractivity contribution in [2.75, 3.05) is 6.61 Å². The molecule has 0 fully saturated rings. The lowest BCUT2D eigenvalue weighted by Crippen LogP contribution is -2.31. The third-order valence-corrected chi connectivity index (χ3v) is 2.41. The number of ether oxygens (including phenoxy) is 1. The number of rotatable bonds is 4. The van der Waals surface area contributed by atoms with Crippen molar-refractivity contribution in [3.05, 3.63) is 24.0 Å². The molecule has 6 heteroatoms. The van der Waals surface area contributed by atoms with Crippen molar-refractivity contribution in [2.24, 2.45) is 0 Å². The molecule has 0 aromatic heterocycles. The van der Waals surface area contributed by atoms with Crippen molar-refractivity contribution in [2.45, 2.75) is 17.6 Å². The molecule has 1 atom stereocenters. The van der Waals surface area contributed by atoms with Gasteiger partial charge in [-0.05, 0) is 18.6 Å². The van der Waals surface area contributed by atoms with Crippen molar-refractivity contribution < 1.29 is 23.4 Å². The zero-order valence-corrected chi connectivity index (χ0v) is 8.58. The second-order valence-electron chi connectivity index (χ2n) is 3.08. The average molecular weight is 236 g/mol. The minimum Gasteiger partial charge on any atom is -0.488 e. The van der Waals surface area contributed by atoms with Gasteiger partial charge in [0.15, 0.2) is 0 Å². The van der Waals surface area contributed by atoms with Gasteiger partial charge in [0.1, 0.15) is 17.1 Å². The highest BCUT2D eigenvalue weighted by Gasteiger charge is 2.32. The van der Waals surface area contributed by atoms with Crippen LogP contribution in [0, 0.1) is 0 Å². The van der Waals surface area contributed by atoms with Gasteiger partial charge >= 0.3 is 5.97 Å². The maximum atomic E-state index is 11.8. The van der Waals surface area contributed by atoms with Crippen LogP contribution in [0.2, 0.25) is 0 Å². The lowest BCUT2D eigenvalue weighted by molar-refractivity contribution is -0.138. The largest absolute Gasteiger partial charge is 0.488 e. The Kier molecular flexibility index (Phi) is 3.73. The fraction of sp³-hybridized carbons (Fsp3) is 0.444. The van der Waals surface area contributed by atoms with E-state index < -0.39 is 23.7 Å². The third kappa shape index (κ3) is 3.23. The van der Waals surface area contributed by atoms with Gasteiger partial charge in [-0.15, -0.1) is 0 Å². The molecule has 0 bridgehead atoms. The number of hydrogen-bond donors (Lipinski definition) is 2. The minimum absolute atomic E-state index is 0.112. The van der Waals surface area contributed by atoms with Crippen molar-refractivity contribution in [3.63, 3.8) is 0 Å². The number of alkyl halides is 2. The topological polar surface area (TPSA) is 46.5 Å². The van der Waals surface area contributed by atoms with E-state index in [0.717, 1.165) is 0 Å². The number of aliphatic carboxylic acids is 1. The summed E-state index contributed by atoms with van der Waals surface area (Å²) in [7, 11) is 0. The van der Waals surface area contributed by atoms with E-state index in [1.807, 2.05) is 0 Å². The van der Waals surface area contributed by atoms with Crippen molar-refractivity contribution >= 4 is 18.6 Å². The van der Waals surface area contributed by atoms with E-state index in [0.29, 0.717) is 0 Å². The molecule has 0 aromatic rings. The van der Waals surface area contributed by atoms with E-state index >= 15 is 0 Å². The molecule has 1 aliphatic carbocycles. The number of carboxylic acids is 1. The maximum Gasteiger partial charge on any atom is 0.323 e. The Morgan fingerprint density at radius 2 is 2.40 bits per heavy atom. The molecule has 1 rings (SSSR count). The third-order valence-electron chi connectivity index (χ3n) is 1.88. The van der Waals surface area contributed by atoms with Gasteiger partial charge in [-0.25, -0.2) is 8.78 Å². The number of allylic oxidation sites excluding steroid dienone is 2. The zero-order chi connectivity index (χ0) is 11.5. The smallest absolute Gasteiger partial charge is 0.323 e. The Morgan fingerprint density at radius 3 is 2.80 bits per heavy atom. The molecule has 1 N–H and O–H groups in total. The molecular formula is C9H10F2O3S. The van der Waals surface area contributed by atoms with Crippen molar-refractivity contribution in [1.82, 2.24) is 0 Å². The molecule has 15 heavy (non-hydrogen) atoms. The highest BCUT2D eigenvalue weighted by atomic mass is 32.1. The van der Waals surface area contributed by atoms with Crippen LogP contribution in [0.5, 0.6) is 0 Å². The van der Waals surface area contributed by atoms with Crippen LogP contribution in [0.25, 0.3) is 0 Å². The molecule has 1 aliphatic rings. The molecule has 0 amide bonds. The first-order valence-electron chi connectivity index (χ1n) is 4.20. The molecular weight excluding hydrogens is 226 g/mol. The standard InChI is InChI=1S/C9H10F2O3S/c10-7(11)5-14-6-1-3-9(15,4-2-6)8(12)13/h1-3,7,15H,4-5H2,(H,12,13). The number of hydrogen-bond acceptors (Lipinski definition) is 3. The first-order valence-corrected chi connectivity index (χ1v) is 4.65. The Morgan fingerprint density at radius 1 is 1.73 bits per heavy atom. The molecule has 0 spiro atoms. The summed E-state index contributed by atoms with van der Waals surface area (Å²) in [6.07, 6.45) is 1.66. The van der Waals surface area contributed by atoms with Gasteiger partial charge in [0.05, 0.1) is 0 Å². The Labute approximate surface area is 90.8 Å². The van der Waals surface area contributed by atoms with Crippen LogP contribution in [-0.2, 0) is 9.53 Å². The Balaban J connectivity index is 2.53. The van der Waals surface area contributed by atoms with E-state index in [2.05, 4.69) is 12.6 Å². The lowest BCUT2D eigenvalue weighted by Gasteiger charge is -2.21. The predicted octanol–water partition coefficient (Wildman–Crippen LogP) is 1.87. The van der Waals surface area contributed by atoms with E-state index in [4.69, 9.17) is 9.84 Å². The fourth-order valence-corrected chi connectivity index (χ4v) is 1.20. The molecule has 1 unspecified atom stereocenters. The van der Waals surface area contributed by atoms with Gasteiger partial charge < -0.3 is 9.84 Å². The van der Waals surface area contributed by atoms with E-state index in [1.165, 1.54) is 18.2 Å². The maximum absolute atomic E-state index is 11.8. The molecule has 84 valence electrons. The van der Waals surface area contributed by atoms with Crippen molar-refractivity contribution in [1.29, 1.82) is 0 Å². The van der Waals surface area contributed by atoms with Gasteiger partial charge in [-0.3, -0.25) is 4.79 Å². The molecule has 3 nitrogen and oxygen atoms in total. The van der Waals surface area contributed by atoms with Crippen LogP contribution in [0.1, 0.15) is 6.42 Å². The van der Waals surface area contributed by atoms with Gasteiger partial charge in [0.2, 0.25) is 0 Å². The van der Waals surface area contributed by atoms with Gasteiger partial charge in [-0.1, -0.05) is 6.08 Å². The number of thiol groups is 1. The Bertz CT molecular complexity index is 314. The first kappa shape index (κ1) is 12.0. The SMILES string of the molecule is O=C(O)C1(S)C=CC(OCC(F)F)=CC1. The van der Waals surface area contributed by atoms with Crippen LogP contribution in [0.3, 0.4) is 0 Å². The highest BCUT2D eigenvalue weighted by molar-refractivity contribution is 7.83. The van der Waals surface area contributed by atoms with Crippen LogP contribution in [-0.4, -0.2) is 28.9 Å². The van der Waals surface area contributed by atoms with E-state index in [9.17, 15) is 13.6 Å². The molecule has 0 aliphatic heterocycles. The van der Waals surface area contributed by atoms with Crippen LogP contribution in [0.4, 0.5) is 8.78 Å². The summed E-state index contributed by atoms with van der Waals surface area (Å²) >= 11 is 3.96. The summed E-state index contributed by atoms with van der Waals surface area (Å²) < 4.78 is 27.0.